The number of pyridine rings is 1. The minimum absolute atomic E-state index is 0.0347. The van der Waals surface area contributed by atoms with Gasteiger partial charge in [0.15, 0.2) is 0 Å². The summed E-state index contributed by atoms with van der Waals surface area (Å²) >= 11 is 0. The SMILES string of the molecule is CC(C)(C)OC(=O)N[C@H]1CCCCCCC[C@H]2C[C@@]2(C(=O)NS(=O)(=O)C2CC2)NC(=O)[C@@H]2C[C@@H](Oc3nccc4ccccc34)CN2C1=O. The summed E-state index contributed by atoms with van der Waals surface area (Å²) in [5.74, 6) is -1.62. The Kier molecular flexibility index (Phi) is 9.80. The summed E-state index contributed by atoms with van der Waals surface area (Å²) in [7, 11) is -3.84. The Balaban J connectivity index is 1.29. The molecule has 6 rings (SSSR count). The molecule has 14 heteroatoms. The summed E-state index contributed by atoms with van der Waals surface area (Å²) < 4.78 is 39.6. The minimum Gasteiger partial charge on any atom is -0.472 e. The zero-order valence-corrected chi connectivity index (χ0v) is 29.2. The average molecular weight is 698 g/mol. The van der Waals surface area contributed by atoms with Crippen LogP contribution in [-0.4, -0.2) is 83.2 Å². The van der Waals surface area contributed by atoms with E-state index in [0.29, 0.717) is 44.4 Å². The van der Waals surface area contributed by atoms with Crippen molar-refractivity contribution in [1.29, 1.82) is 0 Å². The van der Waals surface area contributed by atoms with Crippen molar-refractivity contribution in [3.8, 4) is 5.88 Å². The average Bonchev–Trinajstić information content (AvgIpc) is 3.96. The maximum absolute atomic E-state index is 14.3. The van der Waals surface area contributed by atoms with Gasteiger partial charge in [0.05, 0.1) is 11.8 Å². The van der Waals surface area contributed by atoms with E-state index in [-0.39, 0.29) is 18.9 Å². The summed E-state index contributed by atoms with van der Waals surface area (Å²) in [5, 5.41) is 6.77. The molecule has 1 aromatic carbocycles. The maximum atomic E-state index is 14.3. The number of hydrogen-bond acceptors (Lipinski definition) is 9. The van der Waals surface area contributed by atoms with Gasteiger partial charge in [0, 0.05) is 18.0 Å². The first kappa shape index (κ1) is 34.9. The smallest absolute Gasteiger partial charge is 0.408 e. The number of ether oxygens (including phenoxy) is 2. The second kappa shape index (κ2) is 13.8. The minimum atomic E-state index is -3.84. The van der Waals surface area contributed by atoms with Crippen LogP contribution in [0.15, 0.2) is 36.5 Å². The predicted molar refractivity (Wildman–Crippen MR) is 181 cm³/mol. The molecule has 49 heavy (non-hydrogen) atoms. The standard InChI is InChI=1S/C35H47N5O8S/c1-34(2,3)48-33(44)37-27-14-8-6-4-5-7-12-23-20-35(23,32(43)39-49(45,46)25-15-16-25)38-29(41)28-19-24(21-40(28)31(27)42)47-30-26-13-10-9-11-22(26)17-18-36-30/h9-11,13,17-18,23-25,27-28H,4-8,12,14-16,19-21H2,1-3H3,(H,37,44)(H,38,41)(H,39,43)/t23-,24+,27-,28-,35+/m0/s1. The predicted octanol–water partition coefficient (Wildman–Crippen LogP) is 3.70. The fraction of sp³-hybridized carbons (Fsp3) is 0.629. The van der Waals surface area contributed by atoms with E-state index in [1.807, 2.05) is 30.3 Å². The number of aromatic nitrogens is 1. The number of benzene rings is 1. The molecular weight excluding hydrogens is 650 g/mol. The maximum Gasteiger partial charge on any atom is 0.408 e. The first-order valence-corrected chi connectivity index (χ1v) is 19.0. The molecule has 3 heterocycles. The molecule has 2 saturated carbocycles. The van der Waals surface area contributed by atoms with E-state index in [0.717, 1.165) is 36.5 Å². The largest absolute Gasteiger partial charge is 0.472 e. The molecule has 4 fully saturated rings. The molecule has 1 aromatic heterocycles. The number of nitrogens with one attached hydrogen (secondary N) is 3. The van der Waals surface area contributed by atoms with E-state index in [4.69, 9.17) is 9.47 Å². The number of amides is 4. The number of carbonyl (C=O) groups excluding carboxylic acids is 4. The van der Waals surface area contributed by atoms with Crippen LogP contribution in [0.25, 0.3) is 10.8 Å². The third kappa shape index (κ3) is 8.11. The topological polar surface area (TPSA) is 173 Å². The molecule has 2 aromatic rings. The number of hydrogen-bond donors (Lipinski definition) is 3. The van der Waals surface area contributed by atoms with Crippen molar-refractivity contribution in [1.82, 2.24) is 25.2 Å². The lowest BCUT2D eigenvalue weighted by molar-refractivity contribution is -0.141. The van der Waals surface area contributed by atoms with Gasteiger partial charge in [-0.25, -0.2) is 18.2 Å². The lowest BCUT2D eigenvalue weighted by atomic mass is 10.0. The van der Waals surface area contributed by atoms with Crippen molar-refractivity contribution < 1.29 is 37.1 Å². The fourth-order valence-corrected chi connectivity index (χ4v) is 8.41. The van der Waals surface area contributed by atoms with Gasteiger partial charge < -0.3 is 25.0 Å². The second-order valence-corrected chi connectivity index (χ2v) is 16.9. The zero-order valence-electron chi connectivity index (χ0n) is 28.4. The molecule has 2 saturated heterocycles. The summed E-state index contributed by atoms with van der Waals surface area (Å²) in [6, 6.07) is 7.46. The number of fused-ring (bicyclic) bond motifs is 3. The zero-order chi connectivity index (χ0) is 35.0. The van der Waals surface area contributed by atoms with Gasteiger partial charge in [-0.05, 0) is 76.3 Å². The molecular formula is C35H47N5O8S. The van der Waals surface area contributed by atoms with Crippen LogP contribution < -0.4 is 20.1 Å². The van der Waals surface area contributed by atoms with Gasteiger partial charge in [-0.3, -0.25) is 19.1 Å². The number of sulfonamides is 1. The highest BCUT2D eigenvalue weighted by atomic mass is 32.2. The van der Waals surface area contributed by atoms with E-state index < -0.39 is 68.4 Å². The quantitative estimate of drug-likeness (QED) is 0.407. The molecule has 13 nitrogen and oxygen atoms in total. The fourth-order valence-electron chi connectivity index (χ4n) is 7.05. The highest BCUT2D eigenvalue weighted by Crippen LogP contribution is 2.48. The van der Waals surface area contributed by atoms with Gasteiger partial charge in [-0.15, -0.1) is 0 Å². The van der Waals surface area contributed by atoms with Crippen molar-refractivity contribution in [2.75, 3.05) is 6.54 Å². The molecule has 0 unspecified atom stereocenters. The number of nitrogens with zero attached hydrogens (tertiary/aromatic N) is 2. The molecule has 5 atom stereocenters. The molecule has 4 aliphatic rings. The van der Waals surface area contributed by atoms with Crippen LogP contribution in [-0.2, 0) is 29.1 Å². The Hall–Kier alpha value is -3.94. The number of rotatable bonds is 6. The number of carbonyl (C=O) groups is 4. The van der Waals surface area contributed by atoms with Crippen LogP contribution in [0.4, 0.5) is 4.79 Å². The van der Waals surface area contributed by atoms with Crippen molar-refractivity contribution in [3.63, 3.8) is 0 Å². The Morgan fingerprint density at radius 2 is 1.71 bits per heavy atom. The monoisotopic (exact) mass is 697 g/mol. The number of alkyl carbamates (subject to hydrolysis) is 1. The molecule has 0 spiro atoms. The first-order valence-electron chi connectivity index (χ1n) is 17.4. The van der Waals surface area contributed by atoms with E-state index in [9.17, 15) is 27.6 Å². The van der Waals surface area contributed by atoms with Crippen molar-refractivity contribution in [2.45, 2.75) is 126 Å². The lowest BCUT2D eigenvalue weighted by Crippen LogP contribution is -2.58. The van der Waals surface area contributed by atoms with Gasteiger partial charge in [0.1, 0.15) is 29.3 Å². The van der Waals surface area contributed by atoms with E-state index in [1.54, 1.807) is 27.0 Å². The molecule has 266 valence electrons. The Labute approximate surface area is 287 Å². The normalized spacial score (nSPS) is 28.3. The van der Waals surface area contributed by atoms with Crippen LogP contribution in [0.2, 0.25) is 0 Å². The Morgan fingerprint density at radius 3 is 2.45 bits per heavy atom. The van der Waals surface area contributed by atoms with Gasteiger partial charge >= 0.3 is 6.09 Å². The molecule has 0 bridgehead atoms. The molecule has 4 amide bonds. The summed E-state index contributed by atoms with van der Waals surface area (Å²) in [6.45, 7) is 5.25. The van der Waals surface area contributed by atoms with Crippen molar-refractivity contribution in [2.24, 2.45) is 5.92 Å². The Morgan fingerprint density at radius 1 is 1.00 bits per heavy atom. The second-order valence-electron chi connectivity index (χ2n) is 14.9. The van der Waals surface area contributed by atoms with Crippen LogP contribution in [0.1, 0.15) is 91.4 Å². The van der Waals surface area contributed by atoms with Crippen LogP contribution in [0.3, 0.4) is 0 Å². The van der Waals surface area contributed by atoms with Gasteiger partial charge in [-0.1, -0.05) is 50.3 Å². The van der Waals surface area contributed by atoms with Gasteiger partial charge in [0.25, 0.3) is 5.91 Å². The van der Waals surface area contributed by atoms with Crippen molar-refractivity contribution in [3.05, 3.63) is 36.5 Å². The summed E-state index contributed by atoms with van der Waals surface area (Å²) in [6.07, 6.45) is 6.78. The van der Waals surface area contributed by atoms with Crippen LogP contribution >= 0.6 is 0 Å². The molecule has 2 aliphatic heterocycles. The van der Waals surface area contributed by atoms with Gasteiger partial charge in [0.2, 0.25) is 27.7 Å². The third-order valence-corrected chi connectivity index (χ3v) is 11.7. The van der Waals surface area contributed by atoms with Crippen LogP contribution in [0, 0.1) is 5.92 Å². The Bertz CT molecular complexity index is 1700. The van der Waals surface area contributed by atoms with Crippen LogP contribution in [0.5, 0.6) is 5.88 Å². The molecule has 3 N–H and O–H groups in total. The lowest BCUT2D eigenvalue weighted by Gasteiger charge is -2.30. The summed E-state index contributed by atoms with van der Waals surface area (Å²) in [5.41, 5.74) is -2.17. The molecule has 2 aliphatic carbocycles. The van der Waals surface area contributed by atoms with Crippen molar-refractivity contribution >= 4 is 44.6 Å². The highest BCUT2D eigenvalue weighted by molar-refractivity contribution is 7.91. The molecule has 0 radical (unpaired) electrons. The first-order chi connectivity index (χ1) is 23.3. The van der Waals surface area contributed by atoms with Gasteiger partial charge in [-0.2, -0.15) is 0 Å². The highest BCUT2D eigenvalue weighted by Gasteiger charge is 2.62. The van der Waals surface area contributed by atoms with E-state index in [1.165, 1.54) is 4.90 Å². The third-order valence-electron chi connectivity index (χ3n) is 9.85. The van der Waals surface area contributed by atoms with E-state index in [2.05, 4.69) is 20.3 Å². The van der Waals surface area contributed by atoms with E-state index >= 15 is 0 Å². The summed E-state index contributed by atoms with van der Waals surface area (Å²) in [4.78, 5) is 61.0.